The van der Waals surface area contributed by atoms with Crippen molar-refractivity contribution in [2.24, 2.45) is 0 Å². The summed E-state index contributed by atoms with van der Waals surface area (Å²) in [5.74, 6) is 1.67. The van der Waals surface area contributed by atoms with Crippen LogP contribution in [0.1, 0.15) is 52.9 Å². The van der Waals surface area contributed by atoms with E-state index in [1.807, 2.05) is 0 Å². The van der Waals surface area contributed by atoms with E-state index in [1.165, 1.54) is 32.1 Å². The van der Waals surface area contributed by atoms with Crippen LogP contribution in [0, 0.1) is 0 Å². The Kier molecular flexibility index (Phi) is 6.23. The Hall–Kier alpha value is -1.36. The van der Waals surface area contributed by atoms with Gasteiger partial charge < -0.3 is 10.6 Å². The van der Waals surface area contributed by atoms with Gasteiger partial charge in [0, 0.05) is 12.6 Å². The van der Waals surface area contributed by atoms with Crippen molar-refractivity contribution in [3.63, 3.8) is 0 Å². The molecule has 0 aliphatic heterocycles. The summed E-state index contributed by atoms with van der Waals surface area (Å²) in [6.07, 6.45) is 6.41. The van der Waals surface area contributed by atoms with Crippen LogP contribution < -0.4 is 10.6 Å². The minimum atomic E-state index is 0.439. The standard InChI is InChI=1S/C16H26N4S/c1-4-6-7-8-9-12(3)18-14-13-10-11-21-15(13)20-16(19-14)17-5-2/h10-12H,4-9H2,1-3H3,(H2,17,18,19,20). The first-order valence-corrected chi connectivity index (χ1v) is 8.88. The average Bonchev–Trinajstić information content (AvgIpc) is 2.92. The zero-order chi connectivity index (χ0) is 15.1. The van der Waals surface area contributed by atoms with E-state index < -0.39 is 0 Å². The summed E-state index contributed by atoms with van der Waals surface area (Å²) in [6, 6.07) is 2.54. The Morgan fingerprint density at radius 3 is 2.81 bits per heavy atom. The van der Waals surface area contributed by atoms with Crippen LogP contribution in [-0.2, 0) is 0 Å². The molecule has 0 aromatic carbocycles. The third-order valence-electron chi connectivity index (χ3n) is 3.53. The number of thiophene rings is 1. The molecule has 0 aliphatic carbocycles. The summed E-state index contributed by atoms with van der Waals surface area (Å²) in [5.41, 5.74) is 0. The Labute approximate surface area is 131 Å². The number of hydrogen-bond donors (Lipinski definition) is 2. The van der Waals surface area contributed by atoms with Crippen molar-refractivity contribution in [1.82, 2.24) is 9.97 Å². The van der Waals surface area contributed by atoms with Crippen molar-refractivity contribution < 1.29 is 0 Å². The van der Waals surface area contributed by atoms with Gasteiger partial charge in [-0.3, -0.25) is 0 Å². The highest BCUT2D eigenvalue weighted by atomic mass is 32.1. The molecule has 0 fully saturated rings. The van der Waals surface area contributed by atoms with Crippen LogP contribution in [0.3, 0.4) is 0 Å². The number of hydrogen-bond acceptors (Lipinski definition) is 5. The van der Waals surface area contributed by atoms with Gasteiger partial charge in [-0.2, -0.15) is 4.98 Å². The number of fused-ring (bicyclic) bond motifs is 1. The van der Waals surface area contributed by atoms with E-state index in [0.717, 1.165) is 22.6 Å². The number of unbranched alkanes of at least 4 members (excludes halogenated alkanes) is 3. The van der Waals surface area contributed by atoms with Gasteiger partial charge in [0.05, 0.1) is 5.39 Å². The monoisotopic (exact) mass is 306 g/mol. The SMILES string of the molecule is CCCCCCC(C)Nc1nc(NCC)nc2sccc12. The summed E-state index contributed by atoms with van der Waals surface area (Å²) in [4.78, 5) is 10.2. The molecular formula is C16H26N4S. The molecule has 1 unspecified atom stereocenters. The van der Waals surface area contributed by atoms with Crippen molar-refractivity contribution in [1.29, 1.82) is 0 Å². The molecule has 116 valence electrons. The molecule has 2 N–H and O–H groups in total. The molecule has 0 radical (unpaired) electrons. The number of anilines is 2. The summed E-state index contributed by atoms with van der Waals surface area (Å²) < 4.78 is 0. The normalized spacial score (nSPS) is 12.5. The topological polar surface area (TPSA) is 49.8 Å². The molecule has 0 bridgehead atoms. The molecule has 21 heavy (non-hydrogen) atoms. The summed E-state index contributed by atoms with van der Waals surface area (Å²) in [6.45, 7) is 7.38. The van der Waals surface area contributed by atoms with Crippen LogP contribution in [0.4, 0.5) is 11.8 Å². The van der Waals surface area contributed by atoms with Gasteiger partial charge in [-0.05, 0) is 31.7 Å². The lowest BCUT2D eigenvalue weighted by Gasteiger charge is -2.16. The van der Waals surface area contributed by atoms with Gasteiger partial charge >= 0.3 is 0 Å². The first-order chi connectivity index (χ1) is 10.2. The zero-order valence-corrected chi connectivity index (χ0v) is 14.1. The fourth-order valence-corrected chi connectivity index (χ4v) is 3.15. The molecule has 1 atom stereocenters. The lowest BCUT2D eigenvalue weighted by atomic mass is 10.1. The van der Waals surface area contributed by atoms with Crippen LogP contribution in [0.2, 0.25) is 0 Å². The molecule has 0 spiro atoms. The maximum Gasteiger partial charge on any atom is 0.226 e. The van der Waals surface area contributed by atoms with Crippen molar-refractivity contribution in [2.75, 3.05) is 17.2 Å². The maximum absolute atomic E-state index is 4.62. The highest BCUT2D eigenvalue weighted by Crippen LogP contribution is 2.27. The summed E-state index contributed by atoms with van der Waals surface area (Å²) in [5, 5.41) is 9.97. The molecule has 5 heteroatoms. The Balaban J connectivity index is 2.04. The molecular weight excluding hydrogens is 280 g/mol. The minimum Gasteiger partial charge on any atom is -0.367 e. The van der Waals surface area contributed by atoms with Gasteiger partial charge in [-0.1, -0.05) is 32.6 Å². The van der Waals surface area contributed by atoms with Crippen LogP contribution in [0.25, 0.3) is 10.2 Å². The highest BCUT2D eigenvalue weighted by Gasteiger charge is 2.11. The molecule has 2 rings (SSSR count). The molecule has 0 amide bonds. The Bertz CT molecular complexity index is 552. The van der Waals surface area contributed by atoms with E-state index in [4.69, 9.17) is 0 Å². The predicted octanol–water partition coefficient (Wildman–Crippen LogP) is 4.89. The van der Waals surface area contributed by atoms with E-state index in [2.05, 4.69) is 52.8 Å². The molecule has 2 heterocycles. The van der Waals surface area contributed by atoms with Gasteiger partial charge in [-0.15, -0.1) is 11.3 Å². The number of nitrogens with one attached hydrogen (secondary N) is 2. The van der Waals surface area contributed by atoms with Crippen molar-refractivity contribution in [3.8, 4) is 0 Å². The predicted molar refractivity (Wildman–Crippen MR) is 93.4 cm³/mol. The third kappa shape index (κ3) is 4.56. The van der Waals surface area contributed by atoms with Gasteiger partial charge in [0.15, 0.2) is 0 Å². The van der Waals surface area contributed by atoms with E-state index in [9.17, 15) is 0 Å². The van der Waals surface area contributed by atoms with Crippen LogP contribution >= 0.6 is 11.3 Å². The first-order valence-electron chi connectivity index (χ1n) is 8.00. The van der Waals surface area contributed by atoms with Crippen LogP contribution in [0.15, 0.2) is 11.4 Å². The quantitative estimate of drug-likeness (QED) is 0.647. The van der Waals surface area contributed by atoms with E-state index >= 15 is 0 Å². The molecule has 2 aromatic rings. The van der Waals surface area contributed by atoms with Crippen molar-refractivity contribution >= 4 is 33.3 Å². The minimum absolute atomic E-state index is 0.439. The molecule has 4 nitrogen and oxygen atoms in total. The Morgan fingerprint density at radius 1 is 1.19 bits per heavy atom. The van der Waals surface area contributed by atoms with E-state index in [-0.39, 0.29) is 0 Å². The summed E-state index contributed by atoms with van der Waals surface area (Å²) in [7, 11) is 0. The second-order valence-electron chi connectivity index (χ2n) is 5.46. The van der Waals surface area contributed by atoms with E-state index in [0.29, 0.717) is 12.0 Å². The van der Waals surface area contributed by atoms with Gasteiger partial charge in [0.25, 0.3) is 0 Å². The fourth-order valence-electron chi connectivity index (χ4n) is 2.39. The number of rotatable bonds is 9. The molecule has 2 aromatic heterocycles. The third-order valence-corrected chi connectivity index (χ3v) is 4.34. The number of aromatic nitrogens is 2. The summed E-state index contributed by atoms with van der Waals surface area (Å²) >= 11 is 1.66. The van der Waals surface area contributed by atoms with Gasteiger partial charge in [0.1, 0.15) is 10.6 Å². The van der Waals surface area contributed by atoms with Crippen molar-refractivity contribution in [3.05, 3.63) is 11.4 Å². The molecule has 0 aliphatic rings. The fraction of sp³-hybridized carbons (Fsp3) is 0.625. The zero-order valence-electron chi connectivity index (χ0n) is 13.3. The lowest BCUT2D eigenvalue weighted by molar-refractivity contribution is 0.593. The second-order valence-corrected chi connectivity index (χ2v) is 6.35. The van der Waals surface area contributed by atoms with E-state index in [1.54, 1.807) is 11.3 Å². The van der Waals surface area contributed by atoms with Gasteiger partial charge in [-0.25, -0.2) is 4.98 Å². The number of nitrogens with zero attached hydrogens (tertiary/aromatic N) is 2. The van der Waals surface area contributed by atoms with Crippen molar-refractivity contribution in [2.45, 2.75) is 58.9 Å². The maximum atomic E-state index is 4.62. The second kappa shape index (κ2) is 8.17. The molecule has 0 saturated carbocycles. The highest BCUT2D eigenvalue weighted by molar-refractivity contribution is 7.16. The van der Waals surface area contributed by atoms with Crippen LogP contribution in [-0.4, -0.2) is 22.6 Å². The van der Waals surface area contributed by atoms with Crippen LogP contribution in [0.5, 0.6) is 0 Å². The largest absolute Gasteiger partial charge is 0.367 e. The first kappa shape index (κ1) is 16.0. The molecule has 0 saturated heterocycles. The smallest absolute Gasteiger partial charge is 0.226 e. The Morgan fingerprint density at radius 2 is 2.05 bits per heavy atom. The average molecular weight is 306 g/mol. The van der Waals surface area contributed by atoms with Gasteiger partial charge in [0.2, 0.25) is 5.95 Å². The lowest BCUT2D eigenvalue weighted by Crippen LogP contribution is -2.17.